The van der Waals surface area contributed by atoms with Crippen molar-refractivity contribution >= 4 is 28.9 Å². The highest BCUT2D eigenvalue weighted by Gasteiger charge is 2.45. The van der Waals surface area contributed by atoms with Gasteiger partial charge in [0, 0.05) is 24.5 Å². The molecule has 5 N–H and O–H groups in total. The Morgan fingerprint density at radius 1 is 1.00 bits per heavy atom. The number of aromatic nitrogens is 2. The normalized spacial score (nSPS) is 17.3. The minimum Gasteiger partial charge on any atom is -0.394 e. The first-order valence-electron chi connectivity index (χ1n) is 12.4. The highest BCUT2D eigenvalue weighted by molar-refractivity contribution is 6.06. The lowest BCUT2D eigenvalue weighted by Gasteiger charge is -2.34. The van der Waals surface area contributed by atoms with Crippen molar-refractivity contribution in [1.82, 2.24) is 9.97 Å². The quantitative estimate of drug-likeness (QED) is 0.368. The van der Waals surface area contributed by atoms with E-state index >= 15 is 0 Å². The van der Waals surface area contributed by atoms with Crippen molar-refractivity contribution in [1.29, 1.82) is 0 Å². The van der Waals surface area contributed by atoms with Crippen LogP contribution in [0.2, 0.25) is 0 Å². The number of aliphatic hydroxyl groups excluding tert-OH is 2. The molecule has 0 atom stereocenters. The van der Waals surface area contributed by atoms with E-state index in [2.05, 4.69) is 25.8 Å². The SMILES string of the molecule is CC(C)(CO)Nc1cccc(NC(=O)c2ncc(NC(C)(C)CO)nc2N2CCC3(CC2)CC3)c1. The molecule has 1 spiro atoms. The highest BCUT2D eigenvalue weighted by Crippen LogP contribution is 2.54. The first-order valence-corrected chi connectivity index (χ1v) is 12.4. The fourth-order valence-corrected chi connectivity index (χ4v) is 4.37. The van der Waals surface area contributed by atoms with Crippen LogP contribution in [0.5, 0.6) is 0 Å². The summed E-state index contributed by atoms with van der Waals surface area (Å²) in [6.45, 7) is 9.17. The third kappa shape index (κ3) is 6.21. The third-order valence-electron chi connectivity index (χ3n) is 6.91. The molecule has 1 aliphatic carbocycles. The number of anilines is 4. The summed E-state index contributed by atoms with van der Waals surface area (Å²) >= 11 is 0. The smallest absolute Gasteiger partial charge is 0.278 e. The van der Waals surface area contributed by atoms with Gasteiger partial charge in [-0.1, -0.05) is 6.07 Å². The number of benzene rings is 1. The monoisotopic (exact) mass is 482 g/mol. The Labute approximate surface area is 207 Å². The molecular formula is C26H38N6O3. The van der Waals surface area contributed by atoms with E-state index in [9.17, 15) is 15.0 Å². The molecule has 1 aliphatic heterocycles. The molecule has 2 fully saturated rings. The molecule has 4 rings (SSSR count). The summed E-state index contributed by atoms with van der Waals surface area (Å²) < 4.78 is 0. The maximum atomic E-state index is 13.4. The molecule has 35 heavy (non-hydrogen) atoms. The van der Waals surface area contributed by atoms with Crippen LogP contribution in [-0.2, 0) is 0 Å². The summed E-state index contributed by atoms with van der Waals surface area (Å²) in [6, 6.07) is 7.39. The van der Waals surface area contributed by atoms with Gasteiger partial charge in [-0.3, -0.25) is 4.79 Å². The van der Waals surface area contributed by atoms with Gasteiger partial charge in [0.15, 0.2) is 11.5 Å². The Hall–Kier alpha value is -2.91. The average molecular weight is 483 g/mol. The van der Waals surface area contributed by atoms with Crippen molar-refractivity contribution in [3.63, 3.8) is 0 Å². The zero-order chi connectivity index (χ0) is 25.3. The molecule has 0 bridgehead atoms. The number of hydrogen-bond donors (Lipinski definition) is 5. The Kier molecular flexibility index (Phi) is 6.92. The second-order valence-electron chi connectivity index (χ2n) is 11.3. The summed E-state index contributed by atoms with van der Waals surface area (Å²) in [7, 11) is 0. The standard InChI is InChI=1S/C26H38N6O3/c1-24(2,16-33)30-19-7-5-6-18(14-19)28-23(35)21-22(32-12-10-26(8-9-26)11-13-32)29-20(15-27-21)31-25(3,4)17-34/h5-7,14-15,30,33-34H,8-13,16-17H2,1-4H3,(H,28,35)(H,29,31). The van der Waals surface area contributed by atoms with Crippen LogP contribution in [0, 0.1) is 5.41 Å². The number of piperidine rings is 1. The summed E-state index contributed by atoms with van der Waals surface area (Å²) in [4.78, 5) is 24.8. The molecule has 0 unspecified atom stereocenters. The van der Waals surface area contributed by atoms with Gasteiger partial charge in [0.05, 0.1) is 30.5 Å². The highest BCUT2D eigenvalue weighted by atomic mass is 16.3. The number of nitrogens with zero attached hydrogens (tertiary/aromatic N) is 3. The molecule has 190 valence electrons. The van der Waals surface area contributed by atoms with Gasteiger partial charge in [-0.05, 0) is 77.0 Å². The van der Waals surface area contributed by atoms with E-state index in [-0.39, 0.29) is 24.8 Å². The van der Waals surface area contributed by atoms with Gasteiger partial charge in [0.25, 0.3) is 5.91 Å². The Morgan fingerprint density at radius 3 is 2.26 bits per heavy atom. The zero-order valence-electron chi connectivity index (χ0n) is 21.2. The molecule has 1 aromatic heterocycles. The lowest BCUT2D eigenvalue weighted by atomic mass is 9.93. The Bertz CT molecular complexity index is 1060. The predicted octanol–water partition coefficient (Wildman–Crippen LogP) is 3.47. The molecule has 9 nitrogen and oxygen atoms in total. The van der Waals surface area contributed by atoms with E-state index < -0.39 is 11.1 Å². The second kappa shape index (κ2) is 9.62. The third-order valence-corrected chi connectivity index (χ3v) is 6.91. The summed E-state index contributed by atoms with van der Waals surface area (Å²) in [5, 5.41) is 28.6. The van der Waals surface area contributed by atoms with Crippen LogP contribution < -0.4 is 20.9 Å². The van der Waals surface area contributed by atoms with Gasteiger partial charge in [-0.2, -0.15) is 0 Å². The maximum absolute atomic E-state index is 13.4. The van der Waals surface area contributed by atoms with Crippen LogP contribution in [0.25, 0.3) is 0 Å². The molecule has 2 aliphatic rings. The lowest BCUT2D eigenvalue weighted by Crippen LogP contribution is -2.38. The number of rotatable bonds is 9. The summed E-state index contributed by atoms with van der Waals surface area (Å²) in [5.74, 6) is 0.762. The first kappa shape index (κ1) is 25.2. The van der Waals surface area contributed by atoms with Crippen molar-refractivity contribution in [2.45, 2.75) is 64.5 Å². The number of carbonyl (C=O) groups is 1. The fourth-order valence-electron chi connectivity index (χ4n) is 4.37. The van der Waals surface area contributed by atoms with E-state index in [0.717, 1.165) is 31.6 Å². The number of carbonyl (C=O) groups excluding carboxylic acids is 1. The van der Waals surface area contributed by atoms with Crippen LogP contribution in [-0.4, -0.2) is 63.5 Å². The van der Waals surface area contributed by atoms with E-state index in [1.165, 1.54) is 12.8 Å². The lowest BCUT2D eigenvalue weighted by molar-refractivity contribution is 0.102. The van der Waals surface area contributed by atoms with Crippen LogP contribution >= 0.6 is 0 Å². The van der Waals surface area contributed by atoms with Gasteiger partial charge < -0.3 is 31.1 Å². The van der Waals surface area contributed by atoms with Crippen molar-refractivity contribution in [3.05, 3.63) is 36.2 Å². The first-order chi connectivity index (χ1) is 16.5. The number of nitrogens with one attached hydrogen (secondary N) is 3. The van der Waals surface area contributed by atoms with Crippen molar-refractivity contribution in [2.75, 3.05) is 47.2 Å². The van der Waals surface area contributed by atoms with Crippen LogP contribution in [0.1, 0.15) is 63.9 Å². The minimum absolute atomic E-state index is 0.0207. The van der Waals surface area contributed by atoms with Crippen molar-refractivity contribution in [3.8, 4) is 0 Å². The Balaban J connectivity index is 1.57. The van der Waals surface area contributed by atoms with E-state index in [0.29, 0.717) is 22.7 Å². The van der Waals surface area contributed by atoms with Gasteiger partial charge in [-0.15, -0.1) is 0 Å². The predicted molar refractivity (Wildman–Crippen MR) is 139 cm³/mol. The zero-order valence-corrected chi connectivity index (χ0v) is 21.2. The molecule has 1 aromatic carbocycles. The van der Waals surface area contributed by atoms with E-state index in [4.69, 9.17) is 4.98 Å². The number of aliphatic hydroxyl groups is 2. The maximum Gasteiger partial charge on any atom is 0.278 e. The van der Waals surface area contributed by atoms with Crippen LogP contribution in [0.15, 0.2) is 30.5 Å². The van der Waals surface area contributed by atoms with Gasteiger partial charge in [-0.25, -0.2) is 9.97 Å². The molecule has 1 saturated carbocycles. The largest absolute Gasteiger partial charge is 0.394 e. The van der Waals surface area contributed by atoms with Gasteiger partial charge >= 0.3 is 0 Å². The number of amides is 1. The molecule has 2 aromatic rings. The van der Waals surface area contributed by atoms with E-state index in [1.54, 1.807) is 6.20 Å². The summed E-state index contributed by atoms with van der Waals surface area (Å²) in [6.07, 6.45) is 6.34. The van der Waals surface area contributed by atoms with Crippen LogP contribution in [0.4, 0.5) is 23.0 Å². The topological polar surface area (TPSA) is 123 Å². The van der Waals surface area contributed by atoms with Crippen molar-refractivity contribution in [2.24, 2.45) is 5.41 Å². The van der Waals surface area contributed by atoms with Gasteiger partial charge in [0.1, 0.15) is 5.82 Å². The van der Waals surface area contributed by atoms with Crippen LogP contribution in [0.3, 0.4) is 0 Å². The molecule has 1 saturated heterocycles. The molecular weight excluding hydrogens is 444 g/mol. The molecule has 1 amide bonds. The molecule has 0 radical (unpaired) electrons. The average Bonchev–Trinajstić information content (AvgIpc) is 3.58. The molecule has 9 heteroatoms. The number of hydrogen-bond acceptors (Lipinski definition) is 8. The summed E-state index contributed by atoms with van der Waals surface area (Å²) in [5.41, 5.74) is 1.14. The van der Waals surface area contributed by atoms with Crippen molar-refractivity contribution < 1.29 is 15.0 Å². The van der Waals surface area contributed by atoms with Gasteiger partial charge in [0.2, 0.25) is 0 Å². The Morgan fingerprint density at radius 2 is 1.63 bits per heavy atom. The van der Waals surface area contributed by atoms with E-state index in [1.807, 2.05) is 52.0 Å². The minimum atomic E-state index is -0.564. The molecule has 2 heterocycles. The fraction of sp³-hybridized carbons (Fsp3) is 0.577. The second-order valence-corrected chi connectivity index (χ2v) is 11.3.